The first-order valence-electron chi connectivity index (χ1n) is 5.43. The number of benzene rings is 1. The van der Waals surface area contributed by atoms with Gasteiger partial charge in [-0.05, 0) is 18.9 Å². The van der Waals surface area contributed by atoms with Crippen LogP contribution in [-0.4, -0.2) is 19.7 Å². The van der Waals surface area contributed by atoms with Gasteiger partial charge in [0.1, 0.15) is 5.75 Å². The molecule has 0 unspecified atom stereocenters. The van der Waals surface area contributed by atoms with Crippen molar-refractivity contribution < 1.29 is 4.74 Å². The average molecular weight is 203 g/mol. The van der Waals surface area contributed by atoms with Crippen molar-refractivity contribution in [2.45, 2.75) is 18.9 Å². The normalized spacial score (nSPS) is 15.8. The van der Waals surface area contributed by atoms with E-state index in [4.69, 9.17) is 4.74 Å². The van der Waals surface area contributed by atoms with E-state index in [1.165, 1.54) is 12.8 Å². The SMILES string of the molecule is COc1ccccc1/C=C/CNC1CC1. The van der Waals surface area contributed by atoms with Gasteiger partial charge in [-0.3, -0.25) is 0 Å². The molecular weight excluding hydrogens is 186 g/mol. The number of methoxy groups -OCH3 is 1. The van der Waals surface area contributed by atoms with Gasteiger partial charge in [0, 0.05) is 18.2 Å². The van der Waals surface area contributed by atoms with Crippen molar-refractivity contribution in [3.63, 3.8) is 0 Å². The van der Waals surface area contributed by atoms with E-state index in [1.807, 2.05) is 18.2 Å². The second kappa shape index (κ2) is 4.99. The summed E-state index contributed by atoms with van der Waals surface area (Å²) in [7, 11) is 1.70. The highest BCUT2D eigenvalue weighted by atomic mass is 16.5. The van der Waals surface area contributed by atoms with Gasteiger partial charge in [-0.15, -0.1) is 0 Å². The van der Waals surface area contributed by atoms with Crippen LogP contribution in [0.25, 0.3) is 6.08 Å². The highest BCUT2D eigenvalue weighted by Gasteiger charge is 2.18. The lowest BCUT2D eigenvalue weighted by Gasteiger charge is -2.03. The Balaban J connectivity index is 1.89. The molecule has 2 nitrogen and oxygen atoms in total. The molecule has 15 heavy (non-hydrogen) atoms. The third-order valence-electron chi connectivity index (χ3n) is 2.54. The quantitative estimate of drug-likeness (QED) is 0.793. The molecule has 0 amide bonds. The van der Waals surface area contributed by atoms with Gasteiger partial charge in [0.15, 0.2) is 0 Å². The number of hydrogen-bond acceptors (Lipinski definition) is 2. The summed E-state index contributed by atoms with van der Waals surface area (Å²) >= 11 is 0. The van der Waals surface area contributed by atoms with Crippen molar-refractivity contribution in [2.75, 3.05) is 13.7 Å². The highest BCUT2D eigenvalue weighted by molar-refractivity contribution is 5.57. The summed E-state index contributed by atoms with van der Waals surface area (Å²) in [6, 6.07) is 8.82. The molecule has 0 heterocycles. The van der Waals surface area contributed by atoms with Crippen LogP contribution in [0.15, 0.2) is 30.3 Å². The summed E-state index contributed by atoms with van der Waals surface area (Å²) in [5.74, 6) is 0.931. The van der Waals surface area contributed by atoms with E-state index in [0.29, 0.717) is 0 Å². The summed E-state index contributed by atoms with van der Waals surface area (Å²) < 4.78 is 5.26. The largest absolute Gasteiger partial charge is 0.496 e. The third kappa shape index (κ3) is 3.10. The molecule has 0 radical (unpaired) electrons. The number of hydrogen-bond donors (Lipinski definition) is 1. The molecule has 1 aliphatic rings. The molecule has 2 rings (SSSR count). The molecule has 1 aliphatic carbocycles. The monoisotopic (exact) mass is 203 g/mol. The predicted molar refractivity (Wildman–Crippen MR) is 63.1 cm³/mol. The van der Waals surface area contributed by atoms with Crippen LogP contribution in [0, 0.1) is 0 Å². The van der Waals surface area contributed by atoms with Crippen molar-refractivity contribution >= 4 is 6.08 Å². The van der Waals surface area contributed by atoms with Gasteiger partial charge in [0.2, 0.25) is 0 Å². The maximum atomic E-state index is 5.26. The second-order valence-corrected chi connectivity index (χ2v) is 3.83. The first kappa shape index (κ1) is 10.2. The molecule has 0 bridgehead atoms. The lowest BCUT2D eigenvalue weighted by molar-refractivity contribution is 0.414. The Kier molecular flexibility index (Phi) is 3.41. The maximum Gasteiger partial charge on any atom is 0.126 e. The molecule has 0 atom stereocenters. The summed E-state index contributed by atoms with van der Waals surface area (Å²) in [4.78, 5) is 0. The first-order chi connectivity index (χ1) is 7.40. The van der Waals surface area contributed by atoms with Crippen molar-refractivity contribution in [3.8, 4) is 5.75 Å². The number of para-hydroxylation sites is 1. The first-order valence-corrected chi connectivity index (χ1v) is 5.43. The summed E-state index contributed by atoms with van der Waals surface area (Å²) in [5.41, 5.74) is 1.14. The minimum Gasteiger partial charge on any atom is -0.496 e. The fourth-order valence-corrected chi connectivity index (χ4v) is 1.51. The molecule has 1 N–H and O–H groups in total. The van der Waals surface area contributed by atoms with Gasteiger partial charge in [-0.2, -0.15) is 0 Å². The smallest absolute Gasteiger partial charge is 0.126 e. The van der Waals surface area contributed by atoms with Crippen LogP contribution in [0.4, 0.5) is 0 Å². The van der Waals surface area contributed by atoms with E-state index in [9.17, 15) is 0 Å². The van der Waals surface area contributed by atoms with Crippen molar-refractivity contribution in [2.24, 2.45) is 0 Å². The summed E-state index contributed by atoms with van der Waals surface area (Å²) in [5, 5.41) is 3.44. The van der Waals surface area contributed by atoms with Gasteiger partial charge >= 0.3 is 0 Å². The fraction of sp³-hybridized carbons (Fsp3) is 0.385. The second-order valence-electron chi connectivity index (χ2n) is 3.83. The lowest BCUT2D eigenvalue weighted by atomic mass is 10.2. The lowest BCUT2D eigenvalue weighted by Crippen LogP contribution is -2.15. The number of ether oxygens (including phenoxy) is 1. The number of nitrogens with one attached hydrogen (secondary N) is 1. The van der Waals surface area contributed by atoms with Gasteiger partial charge in [0.25, 0.3) is 0 Å². The van der Waals surface area contributed by atoms with E-state index in [2.05, 4.69) is 23.5 Å². The molecule has 0 aromatic heterocycles. The molecule has 1 saturated carbocycles. The molecular formula is C13H17NO. The number of rotatable bonds is 5. The molecule has 1 aromatic carbocycles. The van der Waals surface area contributed by atoms with Gasteiger partial charge in [-0.1, -0.05) is 30.4 Å². The molecule has 2 heteroatoms. The molecule has 1 fully saturated rings. The third-order valence-corrected chi connectivity index (χ3v) is 2.54. The van der Waals surface area contributed by atoms with Crippen LogP contribution >= 0.6 is 0 Å². The van der Waals surface area contributed by atoms with Gasteiger partial charge in [0.05, 0.1) is 7.11 Å². The zero-order chi connectivity index (χ0) is 10.5. The van der Waals surface area contributed by atoms with Crippen LogP contribution in [0.5, 0.6) is 5.75 Å². The highest BCUT2D eigenvalue weighted by Crippen LogP contribution is 2.19. The van der Waals surface area contributed by atoms with Crippen LogP contribution in [-0.2, 0) is 0 Å². The Labute approximate surface area is 91.0 Å². The Morgan fingerprint density at radius 2 is 2.20 bits per heavy atom. The van der Waals surface area contributed by atoms with E-state index >= 15 is 0 Å². The van der Waals surface area contributed by atoms with Crippen molar-refractivity contribution in [1.29, 1.82) is 0 Å². The van der Waals surface area contributed by atoms with Gasteiger partial charge < -0.3 is 10.1 Å². The van der Waals surface area contributed by atoms with Crippen LogP contribution in [0.2, 0.25) is 0 Å². The minimum atomic E-state index is 0.771. The fourth-order valence-electron chi connectivity index (χ4n) is 1.51. The van der Waals surface area contributed by atoms with Crippen LogP contribution < -0.4 is 10.1 Å². The molecule has 0 saturated heterocycles. The zero-order valence-corrected chi connectivity index (χ0v) is 9.07. The van der Waals surface area contributed by atoms with E-state index < -0.39 is 0 Å². The standard InChI is InChI=1S/C13H17NO/c1-15-13-7-3-2-5-11(13)6-4-10-14-12-8-9-12/h2-7,12,14H,8-10H2,1H3/b6-4+. The molecule has 0 aliphatic heterocycles. The van der Waals surface area contributed by atoms with Crippen LogP contribution in [0.1, 0.15) is 18.4 Å². The molecule has 0 spiro atoms. The average Bonchev–Trinajstić information content (AvgIpc) is 3.09. The molecule has 80 valence electrons. The van der Waals surface area contributed by atoms with E-state index in [1.54, 1.807) is 7.11 Å². The predicted octanol–water partition coefficient (Wildman–Crippen LogP) is 2.46. The molecule has 1 aromatic rings. The van der Waals surface area contributed by atoms with Crippen molar-refractivity contribution in [1.82, 2.24) is 5.32 Å². The Hall–Kier alpha value is -1.28. The van der Waals surface area contributed by atoms with Crippen LogP contribution in [0.3, 0.4) is 0 Å². The Morgan fingerprint density at radius 1 is 1.40 bits per heavy atom. The van der Waals surface area contributed by atoms with Gasteiger partial charge in [-0.25, -0.2) is 0 Å². The summed E-state index contributed by atoms with van der Waals surface area (Å²) in [6.07, 6.45) is 6.93. The Bertz CT molecular complexity index is 342. The topological polar surface area (TPSA) is 21.3 Å². The Morgan fingerprint density at radius 3 is 2.93 bits per heavy atom. The van der Waals surface area contributed by atoms with E-state index in [-0.39, 0.29) is 0 Å². The van der Waals surface area contributed by atoms with Crippen molar-refractivity contribution in [3.05, 3.63) is 35.9 Å². The summed E-state index contributed by atoms with van der Waals surface area (Å²) in [6.45, 7) is 0.947. The minimum absolute atomic E-state index is 0.771. The zero-order valence-electron chi connectivity index (χ0n) is 9.07. The van der Waals surface area contributed by atoms with E-state index in [0.717, 1.165) is 23.9 Å². The maximum absolute atomic E-state index is 5.26.